The van der Waals surface area contributed by atoms with Crippen molar-refractivity contribution in [3.63, 3.8) is 0 Å². The van der Waals surface area contributed by atoms with Gasteiger partial charge >= 0.3 is 41.8 Å². The van der Waals surface area contributed by atoms with E-state index in [9.17, 15) is 33.6 Å². The van der Waals surface area contributed by atoms with Crippen molar-refractivity contribution in [3.05, 3.63) is 0 Å². The first-order chi connectivity index (χ1) is 37.4. The van der Waals surface area contributed by atoms with Gasteiger partial charge in [-0.05, 0) is 71.9 Å². The van der Waals surface area contributed by atoms with Crippen molar-refractivity contribution >= 4 is 41.8 Å². The number of hydrogen-bond acceptors (Lipinski definition) is 15. The lowest BCUT2D eigenvalue weighted by molar-refractivity contribution is -0.191. The predicted molar refractivity (Wildman–Crippen MR) is 304 cm³/mol. The van der Waals surface area contributed by atoms with E-state index in [1.165, 1.54) is 57.8 Å². The van der Waals surface area contributed by atoms with Crippen LogP contribution in [0.2, 0.25) is 0 Å². The predicted octanol–water partition coefficient (Wildman–Crippen LogP) is 14.5. The number of unbranched alkanes of at least 4 members (excludes halogenated alkanes) is 30. The standard InChI is InChI=1S/C62H113NO14/c1-6-9-12-15-24-33-42-55(64)71-47-36-27-18-20-30-39-50-74-59(68)53-62(77-58(67)45-46-63(4)5,61(70)76-52-41-32-23-22-29-38-49-73-57(66)44-35-26-17-14-11-8-3)54-60(69)75-51-40-31-21-19-28-37-48-72-56(65)43-34-25-16-13-10-7-2/h6-54H2,1-5H3. The molecule has 0 radical (unpaired) electrons. The van der Waals surface area contributed by atoms with E-state index in [1.54, 1.807) is 19.0 Å². The molecule has 0 saturated carbocycles. The van der Waals surface area contributed by atoms with E-state index in [4.69, 9.17) is 33.2 Å². The SMILES string of the molecule is CCCCCCCCC(=O)OCCCCCCCCOC(=O)CC(CC(=O)OCCCCCCCCOC(=O)CCCCCCCC)(OC(=O)CCN(C)C)C(=O)OCCCCCCCCOC(=O)CCCCCCCC. The normalized spacial score (nSPS) is 11.4. The lowest BCUT2D eigenvalue weighted by Crippen LogP contribution is -2.49. The molecule has 0 bridgehead atoms. The fourth-order valence-electron chi connectivity index (χ4n) is 8.80. The van der Waals surface area contributed by atoms with Crippen LogP contribution in [0, 0.1) is 0 Å². The van der Waals surface area contributed by atoms with Gasteiger partial charge in [0.2, 0.25) is 5.60 Å². The molecule has 0 aliphatic carbocycles. The molecule has 0 aromatic carbocycles. The van der Waals surface area contributed by atoms with Crippen molar-refractivity contribution in [1.29, 1.82) is 0 Å². The third-order valence-corrected chi connectivity index (χ3v) is 13.7. The van der Waals surface area contributed by atoms with E-state index in [1.807, 2.05) is 0 Å². The van der Waals surface area contributed by atoms with Crippen LogP contribution in [0.25, 0.3) is 0 Å². The van der Waals surface area contributed by atoms with E-state index in [0.29, 0.717) is 64.9 Å². The van der Waals surface area contributed by atoms with Crippen molar-refractivity contribution in [3.8, 4) is 0 Å². The van der Waals surface area contributed by atoms with E-state index < -0.39 is 42.3 Å². The Labute approximate surface area is 468 Å². The van der Waals surface area contributed by atoms with Gasteiger partial charge in [-0.3, -0.25) is 28.8 Å². The summed E-state index contributed by atoms with van der Waals surface area (Å²) >= 11 is 0. The second-order valence-corrected chi connectivity index (χ2v) is 21.5. The molecule has 0 amide bonds. The van der Waals surface area contributed by atoms with Gasteiger partial charge < -0.3 is 38.1 Å². The lowest BCUT2D eigenvalue weighted by Gasteiger charge is -2.30. The fourth-order valence-corrected chi connectivity index (χ4v) is 8.80. The quantitative estimate of drug-likeness (QED) is 0.0318. The summed E-state index contributed by atoms with van der Waals surface area (Å²) in [5.74, 6) is -3.72. The molecule has 0 saturated heterocycles. The second-order valence-electron chi connectivity index (χ2n) is 21.5. The van der Waals surface area contributed by atoms with Crippen LogP contribution < -0.4 is 0 Å². The van der Waals surface area contributed by atoms with E-state index in [2.05, 4.69) is 20.8 Å². The molecule has 15 heteroatoms. The van der Waals surface area contributed by atoms with Gasteiger partial charge in [-0.1, -0.05) is 194 Å². The largest absolute Gasteiger partial charge is 0.466 e. The summed E-state index contributed by atoms with van der Waals surface area (Å²) < 4.78 is 38.9. The molecule has 77 heavy (non-hydrogen) atoms. The zero-order valence-corrected chi connectivity index (χ0v) is 49.8. The Morgan fingerprint density at radius 2 is 0.532 bits per heavy atom. The van der Waals surface area contributed by atoms with Crippen molar-refractivity contribution in [1.82, 2.24) is 4.90 Å². The highest BCUT2D eigenvalue weighted by atomic mass is 16.6. The van der Waals surface area contributed by atoms with E-state index in [0.717, 1.165) is 154 Å². The van der Waals surface area contributed by atoms with Crippen LogP contribution in [-0.2, 0) is 66.7 Å². The first-order valence-electron chi connectivity index (χ1n) is 31.2. The van der Waals surface area contributed by atoms with Gasteiger partial charge in [0.05, 0.1) is 58.9 Å². The molecule has 0 heterocycles. The zero-order valence-electron chi connectivity index (χ0n) is 49.8. The highest BCUT2D eigenvalue weighted by Crippen LogP contribution is 2.27. The van der Waals surface area contributed by atoms with Crippen LogP contribution in [-0.4, -0.2) is 113 Å². The van der Waals surface area contributed by atoms with Crippen LogP contribution in [0.3, 0.4) is 0 Å². The van der Waals surface area contributed by atoms with Crippen LogP contribution in [0.4, 0.5) is 0 Å². The van der Waals surface area contributed by atoms with Gasteiger partial charge in [-0.2, -0.15) is 0 Å². The fraction of sp³-hybridized carbons (Fsp3) is 0.887. The average molecular weight is 1100 g/mol. The molecule has 15 nitrogen and oxygen atoms in total. The molecule has 0 aliphatic heterocycles. The number of ether oxygens (including phenoxy) is 7. The highest BCUT2D eigenvalue weighted by Gasteiger charge is 2.49. The smallest absolute Gasteiger partial charge is 0.351 e. The van der Waals surface area contributed by atoms with Gasteiger partial charge in [-0.25, -0.2) is 4.79 Å². The number of hydrogen-bond donors (Lipinski definition) is 0. The Morgan fingerprint density at radius 1 is 0.286 bits per heavy atom. The minimum atomic E-state index is -2.28. The first-order valence-corrected chi connectivity index (χ1v) is 31.2. The Hall–Kier alpha value is -3.75. The van der Waals surface area contributed by atoms with Crippen LogP contribution in [0.15, 0.2) is 0 Å². The van der Waals surface area contributed by atoms with Crippen LogP contribution in [0.1, 0.15) is 290 Å². The van der Waals surface area contributed by atoms with Gasteiger partial charge in [0.25, 0.3) is 0 Å². The maximum atomic E-state index is 14.1. The van der Waals surface area contributed by atoms with Gasteiger partial charge in [0, 0.05) is 25.8 Å². The third-order valence-electron chi connectivity index (χ3n) is 13.7. The first kappa shape index (κ1) is 73.2. The van der Waals surface area contributed by atoms with Crippen LogP contribution >= 0.6 is 0 Å². The van der Waals surface area contributed by atoms with Crippen molar-refractivity contribution in [2.75, 3.05) is 60.3 Å². The summed E-state index contributed by atoms with van der Waals surface area (Å²) in [6.45, 7) is 8.31. The summed E-state index contributed by atoms with van der Waals surface area (Å²) in [7, 11) is 3.59. The molecule has 0 fully saturated rings. The number of rotatable bonds is 57. The number of carbonyl (C=O) groups is 7. The molecular formula is C62H113NO14. The minimum Gasteiger partial charge on any atom is -0.466 e. The lowest BCUT2D eigenvalue weighted by atomic mass is 9.94. The summed E-state index contributed by atoms with van der Waals surface area (Å²) in [5, 5.41) is 0. The maximum absolute atomic E-state index is 14.1. The molecule has 0 spiro atoms. The maximum Gasteiger partial charge on any atom is 0.351 e. The van der Waals surface area contributed by atoms with Crippen molar-refractivity contribution in [2.45, 2.75) is 296 Å². The Bertz CT molecular complexity index is 1410. The van der Waals surface area contributed by atoms with Gasteiger partial charge in [0.15, 0.2) is 0 Å². The molecule has 0 N–H and O–H groups in total. The monoisotopic (exact) mass is 1100 g/mol. The number of esters is 7. The minimum absolute atomic E-state index is 0.000757. The molecule has 0 unspecified atom stereocenters. The molecule has 0 aromatic heterocycles. The Kier molecular flexibility index (Phi) is 51.6. The molecule has 0 rings (SSSR count). The number of nitrogens with zero attached hydrogens (tertiary/aromatic N) is 1. The number of carbonyl (C=O) groups excluding carboxylic acids is 7. The van der Waals surface area contributed by atoms with Gasteiger partial charge in [-0.15, -0.1) is 0 Å². The molecular weight excluding hydrogens is 983 g/mol. The molecule has 0 aromatic rings. The summed E-state index contributed by atoms with van der Waals surface area (Å²) in [4.78, 5) is 92.3. The summed E-state index contributed by atoms with van der Waals surface area (Å²) in [5.41, 5.74) is -2.28. The summed E-state index contributed by atoms with van der Waals surface area (Å²) in [6.07, 6.45) is 34.8. The second kappa shape index (κ2) is 54.2. The Balaban J connectivity index is 5.21. The summed E-state index contributed by atoms with van der Waals surface area (Å²) in [6, 6.07) is 0. The third kappa shape index (κ3) is 49.1. The molecule has 0 atom stereocenters. The highest BCUT2D eigenvalue weighted by molar-refractivity contribution is 5.92. The van der Waals surface area contributed by atoms with E-state index in [-0.39, 0.29) is 44.1 Å². The van der Waals surface area contributed by atoms with Crippen LogP contribution in [0.5, 0.6) is 0 Å². The topological polar surface area (TPSA) is 187 Å². The Morgan fingerprint density at radius 3 is 0.818 bits per heavy atom. The molecule has 0 aliphatic rings. The van der Waals surface area contributed by atoms with Crippen molar-refractivity contribution < 1.29 is 66.7 Å². The van der Waals surface area contributed by atoms with Crippen molar-refractivity contribution in [2.24, 2.45) is 0 Å². The molecule has 450 valence electrons. The van der Waals surface area contributed by atoms with E-state index >= 15 is 0 Å². The van der Waals surface area contributed by atoms with Gasteiger partial charge in [0.1, 0.15) is 0 Å². The average Bonchev–Trinajstić information content (AvgIpc) is 3.40. The zero-order chi connectivity index (χ0) is 56.7.